The first-order chi connectivity index (χ1) is 8.74. The Hall–Kier alpha value is -1.26. The van der Waals surface area contributed by atoms with Gasteiger partial charge in [-0.2, -0.15) is 0 Å². The molecule has 0 saturated carbocycles. The molecule has 1 aromatic rings. The molecule has 3 atom stereocenters. The van der Waals surface area contributed by atoms with Gasteiger partial charge >= 0.3 is 0 Å². The van der Waals surface area contributed by atoms with E-state index in [0.29, 0.717) is 5.92 Å². The van der Waals surface area contributed by atoms with Crippen LogP contribution in [0.4, 0.5) is 0 Å². The van der Waals surface area contributed by atoms with Gasteiger partial charge in [-0.1, -0.05) is 13.0 Å². The van der Waals surface area contributed by atoms with Gasteiger partial charge in [0.25, 0.3) is 0 Å². The van der Waals surface area contributed by atoms with Gasteiger partial charge in [-0.15, -0.1) is 0 Å². The van der Waals surface area contributed by atoms with Crippen molar-refractivity contribution in [3.63, 3.8) is 0 Å². The SMILES string of the molecule is CC1CCNC(C(O)c2ccc3c(c2)OCO3)C1. The van der Waals surface area contributed by atoms with Crippen molar-refractivity contribution in [3.8, 4) is 11.5 Å². The van der Waals surface area contributed by atoms with Gasteiger partial charge in [0.2, 0.25) is 6.79 Å². The molecule has 4 nitrogen and oxygen atoms in total. The van der Waals surface area contributed by atoms with Crippen LogP contribution in [0.5, 0.6) is 11.5 Å². The minimum Gasteiger partial charge on any atom is -0.454 e. The van der Waals surface area contributed by atoms with Gasteiger partial charge in [0.1, 0.15) is 0 Å². The zero-order valence-electron chi connectivity index (χ0n) is 10.6. The highest BCUT2D eigenvalue weighted by Gasteiger charge is 2.27. The van der Waals surface area contributed by atoms with Crippen LogP contribution in [0.3, 0.4) is 0 Å². The average molecular weight is 249 g/mol. The van der Waals surface area contributed by atoms with E-state index in [2.05, 4.69) is 12.2 Å². The fourth-order valence-electron chi connectivity index (χ4n) is 2.72. The van der Waals surface area contributed by atoms with Gasteiger partial charge < -0.3 is 19.9 Å². The van der Waals surface area contributed by atoms with Gasteiger partial charge in [-0.25, -0.2) is 0 Å². The third-order valence-electron chi connectivity index (χ3n) is 3.82. The zero-order valence-corrected chi connectivity index (χ0v) is 10.6. The van der Waals surface area contributed by atoms with Crippen molar-refractivity contribution in [2.45, 2.75) is 31.9 Å². The molecule has 2 aliphatic heterocycles. The molecule has 18 heavy (non-hydrogen) atoms. The molecular weight excluding hydrogens is 230 g/mol. The Morgan fingerprint density at radius 3 is 3.00 bits per heavy atom. The second-order valence-corrected chi connectivity index (χ2v) is 5.25. The monoisotopic (exact) mass is 249 g/mol. The lowest BCUT2D eigenvalue weighted by molar-refractivity contribution is 0.101. The van der Waals surface area contributed by atoms with E-state index in [0.717, 1.165) is 30.0 Å². The lowest BCUT2D eigenvalue weighted by Crippen LogP contribution is -2.41. The largest absolute Gasteiger partial charge is 0.454 e. The Balaban J connectivity index is 1.77. The van der Waals surface area contributed by atoms with Crippen molar-refractivity contribution in [1.82, 2.24) is 5.32 Å². The number of piperidine rings is 1. The second kappa shape index (κ2) is 4.78. The van der Waals surface area contributed by atoms with Crippen molar-refractivity contribution in [3.05, 3.63) is 23.8 Å². The molecule has 0 radical (unpaired) electrons. The maximum Gasteiger partial charge on any atom is 0.231 e. The van der Waals surface area contributed by atoms with E-state index >= 15 is 0 Å². The summed E-state index contributed by atoms with van der Waals surface area (Å²) in [7, 11) is 0. The summed E-state index contributed by atoms with van der Waals surface area (Å²) in [5, 5.41) is 13.8. The van der Waals surface area contributed by atoms with E-state index in [1.807, 2.05) is 18.2 Å². The third kappa shape index (κ3) is 2.18. The molecule has 2 N–H and O–H groups in total. The molecule has 0 amide bonds. The van der Waals surface area contributed by atoms with Gasteiger partial charge in [-0.3, -0.25) is 0 Å². The Kier molecular flexibility index (Phi) is 3.14. The number of aliphatic hydroxyl groups is 1. The molecule has 0 aromatic heterocycles. The Morgan fingerprint density at radius 1 is 1.33 bits per heavy atom. The topological polar surface area (TPSA) is 50.7 Å². The minimum atomic E-state index is -0.484. The van der Waals surface area contributed by atoms with E-state index in [1.54, 1.807) is 0 Å². The quantitative estimate of drug-likeness (QED) is 0.839. The molecule has 3 unspecified atom stereocenters. The molecule has 1 aromatic carbocycles. The standard InChI is InChI=1S/C14H19NO3/c1-9-4-5-15-11(6-9)14(16)10-2-3-12-13(7-10)18-8-17-12/h2-3,7,9,11,14-16H,4-6,8H2,1H3. The Labute approximate surface area is 107 Å². The van der Waals surface area contributed by atoms with Crippen LogP contribution >= 0.6 is 0 Å². The number of hydrogen-bond donors (Lipinski definition) is 2. The van der Waals surface area contributed by atoms with Gasteiger partial charge in [0.05, 0.1) is 6.10 Å². The third-order valence-corrected chi connectivity index (χ3v) is 3.82. The van der Waals surface area contributed by atoms with Gasteiger partial charge in [-0.05, 0) is 43.0 Å². The predicted molar refractivity (Wildman–Crippen MR) is 67.7 cm³/mol. The van der Waals surface area contributed by atoms with Crippen LogP contribution in [0.2, 0.25) is 0 Å². The zero-order chi connectivity index (χ0) is 12.5. The Bertz CT molecular complexity index is 435. The number of hydrogen-bond acceptors (Lipinski definition) is 4. The van der Waals surface area contributed by atoms with E-state index < -0.39 is 6.10 Å². The molecular formula is C14H19NO3. The highest BCUT2D eigenvalue weighted by Crippen LogP contribution is 2.35. The van der Waals surface area contributed by atoms with Crippen molar-refractivity contribution < 1.29 is 14.6 Å². The first-order valence-corrected chi connectivity index (χ1v) is 6.55. The van der Waals surface area contributed by atoms with Crippen molar-refractivity contribution >= 4 is 0 Å². The summed E-state index contributed by atoms with van der Waals surface area (Å²) >= 11 is 0. The fourth-order valence-corrected chi connectivity index (χ4v) is 2.72. The number of rotatable bonds is 2. The molecule has 0 spiro atoms. The summed E-state index contributed by atoms with van der Waals surface area (Å²) in [6, 6.07) is 5.80. The second-order valence-electron chi connectivity index (χ2n) is 5.25. The molecule has 3 rings (SSSR count). The molecule has 1 saturated heterocycles. The van der Waals surface area contributed by atoms with Crippen LogP contribution in [0, 0.1) is 5.92 Å². The summed E-state index contributed by atoms with van der Waals surface area (Å²) in [4.78, 5) is 0. The number of benzene rings is 1. The predicted octanol–water partition coefficient (Wildman–Crippen LogP) is 1.84. The molecule has 0 aliphatic carbocycles. The normalized spacial score (nSPS) is 28.1. The summed E-state index contributed by atoms with van der Waals surface area (Å²) in [5.74, 6) is 2.16. The van der Waals surface area contributed by atoms with Crippen LogP contribution in [-0.4, -0.2) is 24.5 Å². The number of aliphatic hydroxyl groups excluding tert-OH is 1. The summed E-state index contributed by atoms with van der Waals surface area (Å²) in [5.41, 5.74) is 0.894. The van der Waals surface area contributed by atoms with Crippen LogP contribution in [0.25, 0.3) is 0 Å². The van der Waals surface area contributed by atoms with E-state index in [-0.39, 0.29) is 12.8 Å². The highest BCUT2D eigenvalue weighted by atomic mass is 16.7. The summed E-state index contributed by atoms with van der Waals surface area (Å²) in [6.45, 7) is 3.49. The molecule has 2 heterocycles. The van der Waals surface area contributed by atoms with E-state index in [9.17, 15) is 5.11 Å². The molecule has 1 fully saturated rings. The maximum absolute atomic E-state index is 10.4. The van der Waals surface area contributed by atoms with Crippen LogP contribution in [0.1, 0.15) is 31.4 Å². The molecule has 2 aliphatic rings. The first kappa shape index (κ1) is 11.8. The minimum absolute atomic E-state index is 0.133. The average Bonchev–Trinajstić information content (AvgIpc) is 2.85. The highest BCUT2D eigenvalue weighted by molar-refractivity contribution is 5.45. The number of ether oxygens (including phenoxy) is 2. The van der Waals surface area contributed by atoms with Gasteiger partial charge in [0.15, 0.2) is 11.5 Å². The lowest BCUT2D eigenvalue weighted by atomic mass is 9.89. The number of nitrogens with one attached hydrogen (secondary N) is 1. The van der Waals surface area contributed by atoms with Crippen LogP contribution in [-0.2, 0) is 0 Å². The van der Waals surface area contributed by atoms with E-state index in [4.69, 9.17) is 9.47 Å². The van der Waals surface area contributed by atoms with Crippen LogP contribution < -0.4 is 14.8 Å². The number of fused-ring (bicyclic) bond motifs is 1. The fraction of sp³-hybridized carbons (Fsp3) is 0.571. The van der Waals surface area contributed by atoms with Gasteiger partial charge in [0, 0.05) is 6.04 Å². The Morgan fingerprint density at radius 2 is 2.17 bits per heavy atom. The molecule has 4 heteroatoms. The van der Waals surface area contributed by atoms with E-state index in [1.165, 1.54) is 6.42 Å². The molecule has 98 valence electrons. The lowest BCUT2D eigenvalue weighted by Gasteiger charge is -2.31. The molecule has 0 bridgehead atoms. The smallest absolute Gasteiger partial charge is 0.231 e. The van der Waals surface area contributed by atoms with Crippen molar-refractivity contribution in [2.24, 2.45) is 5.92 Å². The maximum atomic E-state index is 10.4. The summed E-state index contributed by atoms with van der Waals surface area (Å²) in [6.07, 6.45) is 1.71. The first-order valence-electron chi connectivity index (χ1n) is 6.55. The summed E-state index contributed by atoms with van der Waals surface area (Å²) < 4.78 is 10.6. The van der Waals surface area contributed by atoms with Crippen molar-refractivity contribution in [2.75, 3.05) is 13.3 Å². The van der Waals surface area contributed by atoms with Crippen LogP contribution in [0.15, 0.2) is 18.2 Å². The van der Waals surface area contributed by atoms with Crippen molar-refractivity contribution in [1.29, 1.82) is 0 Å².